The lowest BCUT2D eigenvalue weighted by atomic mass is 10.1. The summed E-state index contributed by atoms with van der Waals surface area (Å²) in [5.41, 5.74) is 2.86. The van der Waals surface area contributed by atoms with Gasteiger partial charge >= 0.3 is 0 Å². The molecule has 3 aromatic heterocycles. The third-order valence-corrected chi connectivity index (χ3v) is 5.66. The van der Waals surface area contributed by atoms with Crippen molar-refractivity contribution in [1.82, 2.24) is 29.0 Å². The monoisotopic (exact) mass is 434 g/mol. The highest BCUT2D eigenvalue weighted by Crippen LogP contribution is 2.22. The summed E-state index contributed by atoms with van der Waals surface area (Å²) in [4.78, 5) is 36.5. The minimum atomic E-state index is -0.206. The third kappa shape index (κ3) is 3.59. The Bertz CT molecular complexity index is 1320. The Morgan fingerprint density at radius 2 is 2.00 bits per heavy atom. The van der Waals surface area contributed by atoms with E-state index in [0.29, 0.717) is 40.8 Å². The number of aromatic nitrogens is 5. The number of imidazole rings is 1. The molecule has 31 heavy (non-hydrogen) atoms. The SMILES string of the molecule is Cn1ncc(C(=O)N2CCC2)c1C(=O)Cc1ccn2cc(-c3cccc(Cl)c3)nc2n1. The first-order valence-electron chi connectivity index (χ1n) is 9.94. The molecule has 0 aliphatic carbocycles. The molecule has 1 fully saturated rings. The van der Waals surface area contributed by atoms with Crippen molar-refractivity contribution in [3.05, 3.63) is 70.9 Å². The summed E-state index contributed by atoms with van der Waals surface area (Å²) in [5.74, 6) is 0.134. The molecule has 8 nitrogen and oxygen atoms in total. The summed E-state index contributed by atoms with van der Waals surface area (Å²) in [5, 5.41) is 4.77. The second-order valence-electron chi connectivity index (χ2n) is 7.54. The number of carbonyl (C=O) groups excluding carboxylic acids is 2. The highest BCUT2D eigenvalue weighted by Gasteiger charge is 2.28. The number of nitrogens with zero attached hydrogens (tertiary/aromatic N) is 6. The molecule has 0 bridgehead atoms. The number of hydrogen-bond donors (Lipinski definition) is 0. The predicted molar refractivity (Wildman–Crippen MR) is 115 cm³/mol. The van der Waals surface area contributed by atoms with E-state index in [2.05, 4.69) is 15.1 Å². The normalized spacial score (nSPS) is 13.4. The highest BCUT2D eigenvalue weighted by atomic mass is 35.5. The molecule has 0 N–H and O–H groups in total. The van der Waals surface area contributed by atoms with E-state index in [0.717, 1.165) is 17.7 Å². The highest BCUT2D eigenvalue weighted by molar-refractivity contribution is 6.30. The predicted octanol–water partition coefficient (Wildman–Crippen LogP) is 3.05. The number of amides is 1. The second-order valence-corrected chi connectivity index (χ2v) is 7.98. The maximum atomic E-state index is 13.0. The Hall–Kier alpha value is -3.52. The van der Waals surface area contributed by atoms with Gasteiger partial charge in [0.25, 0.3) is 5.91 Å². The van der Waals surface area contributed by atoms with Gasteiger partial charge in [0.1, 0.15) is 5.69 Å². The molecule has 9 heteroatoms. The fraction of sp³-hybridized carbons (Fsp3) is 0.227. The fourth-order valence-electron chi connectivity index (χ4n) is 3.66. The summed E-state index contributed by atoms with van der Waals surface area (Å²) in [6.45, 7) is 1.43. The van der Waals surface area contributed by atoms with Crippen LogP contribution in [-0.2, 0) is 13.5 Å². The number of benzene rings is 1. The number of Topliss-reactive ketones (excluding diaryl/α,β-unsaturated/α-hetero) is 1. The first kappa shape index (κ1) is 19.4. The van der Waals surface area contributed by atoms with Gasteiger partial charge < -0.3 is 4.90 Å². The Kier molecular flexibility index (Phi) is 4.78. The number of likely N-dealkylation sites (tertiary alicyclic amines) is 1. The van der Waals surface area contributed by atoms with Crippen LogP contribution in [-0.4, -0.2) is 53.8 Å². The quantitative estimate of drug-likeness (QED) is 0.451. The topological polar surface area (TPSA) is 85.4 Å². The van der Waals surface area contributed by atoms with Gasteiger partial charge in [-0.15, -0.1) is 0 Å². The van der Waals surface area contributed by atoms with E-state index in [1.807, 2.05) is 36.7 Å². The van der Waals surface area contributed by atoms with Crippen molar-refractivity contribution in [1.29, 1.82) is 0 Å². The Balaban J connectivity index is 1.41. The number of rotatable bonds is 5. The molecule has 0 spiro atoms. The maximum Gasteiger partial charge on any atom is 0.257 e. The average Bonchev–Trinajstić information content (AvgIpc) is 3.29. The van der Waals surface area contributed by atoms with Gasteiger partial charge in [-0.05, 0) is 24.6 Å². The molecule has 1 aliphatic rings. The van der Waals surface area contributed by atoms with Crippen molar-refractivity contribution in [2.75, 3.05) is 13.1 Å². The van der Waals surface area contributed by atoms with E-state index in [-0.39, 0.29) is 18.1 Å². The van der Waals surface area contributed by atoms with Crippen LogP contribution < -0.4 is 0 Å². The van der Waals surface area contributed by atoms with Crippen LogP contribution >= 0.6 is 11.6 Å². The molecule has 0 radical (unpaired) electrons. The van der Waals surface area contributed by atoms with E-state index in [9.17, 15) is 9.59 Å². The molecule has 1 saturated heterocycles. The average molecular weight is 435 g/mol. The van der Waals surface area contributed by atoms with Gasteiger partial charge in [-0.2, -0.15) is 5.10 Å². The first-order valence-corrected chi connectivity index (χ1v) is 10.3. The molecule has 0 unspecified atom stereocenters. The number of hydrogen-bond acceptors (Lipinski definition) is 5. The number of aryl methyl sites for hydroxylation is 1. The van der Waals surface area contributed by atoms with Crippen molar-refractivity contribution < 1.29 is 9.59 Å². The lowest BCUT2D eigenvalue weighted by Gasteiger charge is -2.30. The van der Waals surface area contributed by atoms with Gasteiger partial charge in [-0.3, -0.25) is 18.7 Å². The Morgan fingerprint density at radius 1 is 1.16 bits per heavy atom. The van der Waals surface area contributed by atoms with Gasteiger partial charge in [-0.1, -0.05) is 23.7 Å². The number of fused-ring (bicyclic) bond motifs is 1. The minimum Gasteiger partial charge on any atom is -0.338 e. The number of ketones is 1. The van der Waals surface area contributed by atoms with Crippen molar-refractivity contribution in [3.63, 3.8) is 0 Å². The zero-order valence-electron chi connectivity index (χ0n) is 16.8. The van der Waals surface area contributed by atoms with Crippen molar-refractivity contribution >= 4 is 29.1 Å². The molecule has 0 atom stereocenters. The first-order chi connectivity index (χ1) is 15.0. The Labute approximate surface area is 183 Å². The Morgan fingerprint density at radius 3 is 2.74 bits per heavy atom. The van der Waals surface area contributed by atoms with E-state index >= 15 is 0 Å². The van der Waals surface area contributed by atoms with Crippen LogP contribution in [0.25, 0.3) is 17.0 Å². The molecular weight excluding hydrogens is 416 g/mol. The summed E-state index contributed by atoms with van der Waals surface area (Å²) in [6.07, 6.45) is 6.19. The number of halogens is 1. The van der Waals surface area contributed by atoms with Crippen LogP contribution in [0.2, 0.25) is 5.02 Å². The third-order valence-electron chi connectivity index (χ3n) is 5.42. The van der Waals surface area contributed by atoms with E-state index in [1.54, 1.807) is 22.4 Å². The van der Waals surface area contributed by atoms with Crippen molar-refractivity contribution in [2.45, 2.75) is 12.8 Å². The van der Waals surface area contributed by atoms with Crippen LogP contribution in [0.4, 0.5) is 0 Å². The van der Waals surface area contributed by atoms with Crippen LogP contribution in [0.1, 0.15) is 33.0 Å². The summed E-state index contributed by atoms with van der Waals surface area (Å²) < 4.78 is 3.26. The fourth-order valence-corrected chi connectivity index (χ4v) is 3.85. The van der Waals surface area contributed by atoms with Gasteiger partial charge in [0, 0.05) is 43.1 Å². The van der Waals surface area contributed by atoms with E-state index in [4.69, 9.17) is 11.6 Å². The molecule has 4 aromatic rings. The van der Waals surface area contributed by atoms with Gasteiger partial charge in [0.15, 0.2) is 5.78 Å². The lowest BCUT2D eigenvalue weighted by molar-refractivity contribution is 0.0647. The zero-order chi connectivity index (χ0) is 21.5. The summed E-state index contributed by atoms with van der Waals surface area (Å²) in [7, 11) is 1.67. The largest absolute Gasteiger partial charge is 0.338 e. The van der Waals surface area contributed by atoms with Gasteiger partial charge in [0.2, 0.25) is 5.78 Å². The molecule has 1 amide bonds. The molecule has 0 saturated carbocycles. The lowest BCUT2D eigenvalue weighted by Crippen LogP contribution is -2.42. The molecule has 156 valence electrons. The standard InChI is InChI=1S/C22H19ClN6O2/c1-27-20(17(12-24-27)21(31)28-7-3-8-28)19(30)11-16-6-9-29-13-18(26-22(29)25-16)14-4-2-5-15(23)10-14/h2,4-6,9-10,12-13H,3,7-8,11H2,1H3. The molecule has 1 aromatic carbocycles. The minimum absolute atomic E-state index is 0.0513. The van der Waals surface area contributed by atoms with Crippen molar-refractivity contribution in [3.8, 4) is 11.3 Å². The zero-order valence-corrected chi connectivity index (χ0v) is 17.6. The summed E-state index contributed by atoms with van der Waals surface area (Å²) in [6, 6.07) is 9.22. The summed E-state index contributed by atoms with van der Waals surface area (Å²) >= 11 is 6.08. The van der Waals surface area contributed by atoms with E-state index < -0.39 is 0 Å². The van der Waals surface area contributed by atoms with Crippen LogP contribution in [0.3, 0.4) is 0 Å². The second kappa shape index (κ2) is 7.63. The van der Waals surface area contributed by atoms with Gasteiger partial charge in [-0.25, -0.2) is 9.97 Å². The number of carbonyl (C=O) groups is 2. The van der Waals surface area contributed by atoms with Crippen molar-refractivity contribution in [2.24, 2.45) is 7.05 Å². The maximum absolute atomic E-state index is 13.0. The van der Waals surface area contributed by atoms with Crippen LogP contribution in [0, 0.1) is 0 Å². The molecular formula is C22H19ClN6O2. The van der Waals surface area contributed by atoms with Crippen LogP contribution in [0.5, 0.6) is 0 Å². The molecule has 1 aliphatic heterocycles. The smallest absolute Gasteiger partial charge is 0.257 e. The van der Waals surface area contributed by atoms with E-state index in [1.165, 1.54) is 10.9 Å². The van der Waals surface area contributed by atoms with Gasteiger partial charge in [0.05, 0.1) is 29.6 Å². The van der Waals surface area contributed by atoms with Crippen LogP contribution in [0.15, 0.2) is 48.9 Å². The molecule has 4 heterocycles. The molecule has 5 rings (SSSR count).